The van der Waals surface area contributed by atoms with Gasteiger partial charge in [0.25, 0.3) is 0 Å². The van der Waals surface area contributed by atoms with Crippen LogP contribution in [0.2, 0.25) is 0 Å². The third-order valence-electron chi connectivity index (χ3n) is 6.32. The number of rotatable bonds is 5. The fourth-order valence-corrected chi connectivity index (χ4v) is 4.56. The number of alkyl halides is 3. The average Bonchev–Trinajstić information content (AvgIpc) is 2.78. The number of hydrogen-bond donors (Lipinski definition) is 1. The van der Waals surface area contributed by atoms with E-state index in [0.29, 0.717) is 5.82 Å². The summed E-state index contributed by atoms with van der Waals surface area (Å²) < 4.78 is 39.1. The number of benzene rings is 1. The molecule has 4 rings (SSSR count). The minimum absolute atomic E-state index is 0.0619. The smallest absolute Gasteiger partial charge is 0.382 e. The molecule has 2 fully saturated rings. The molecule has 1 aromatic heterocycles. The maximum atomic E-state index is 13.0. The van der Waals surface area contributed by atoms with Crippen LogP contribution in [0.1, 0.15) is 36.4 Å². The Morgan fingerprint density at radius 2 is 1.61 bits per heavy atom. The monoisotopic (exact) mass is 434 g/mol. The summed E-state index contributed by atoms with van der Waals surface area (Å²) in [5, 5.41) is 0. The highest BCUT2D eigenvalue weighted by molar-refractivity contribution is 5.61. The van der Waals surface area contributed by atoms with Crippen molar-refractivity contribution in [1.82, 2.24) is 19.8 Å². The molecule has 2 aliphatic heterocycles. The molecule has 6 nitrogen and oxygen atoms in total. The van der Waals surface area contributed by atoms with Gasteiger partial charge >= 0.3 is 6.18 Å². The molecule has 2 aliphatic rings. The minimum atomic E-state index is -4.32. The number of nitrogens with two attached hydrogens (primary N) is 1. The summed E-state index contributed by atoms with van der Waals surface area (Å²) in [5.74, 6) is 0.469. The maximum Gasteiger partial charge on any atom is 0.416 e. The van der Waals surface area contributed by atoms with Gasteiger partial charge in [0.1, 0.15) is 12.1 Å². The van der Waals surface area contributed by atoms with E-state index in [1.807, 2.05) is 0 Å². The van der Waals surface area contributed by atoms with Crippen LogP contribution in [0.4, 0.5) is 24.7 Å². The zero-order valence-corrected chi connectivity index (χ0v) is 17.6. The second-order valence-electron chi connectivity index (χ2n) is 8.31. The van der Waals surface area contributed by atoms with Crippen LogP contribution in [-0.2, 0) is 6.18 Å². The number of likely N-dealkylation sites (tertiary alicyclic amines) is 1. The van der Waals surface area contributed by atoms with E-state index < -0.39 is 11.7 Å². The standard InChI is InChI=1S/C22H29F3N6/c23-22(24,25)18-6-4-17(5-7-18)20(15-29-8-2-1-3-9-29)31-12-10-30(11-13-31)19-14-27-16-28-21(19)26/h4-7,14,16,20H,1-3,8-13,15H2,(H2,26,27,28). The van der Waals surface area contributed by atoms with Crippen molar-refractivity contribution < 1.29 is 13.2 Å². The quantitative estimate of drug-likeness (QED) is 0.778. The topological polar surface area (TPSA) is 61.5 Å². The summed E-state index contributed by atoms with van der Waals surface area (Å²) in [5.41, 5.74) is 7.18. The average molecular weight is 435 g/mol. The van der Waals surface area contributed by atoms with Crippen LogP contribution >= 0.6 is 0 Å². The van der Waals surface area contributed by atoms with Gasteiger partial charge in [-0.1, -0.05) is 18.6 Å². The Bertz CT molecular complexity index is 843. The van der Waals surface area contributed by atoms with E-state index >= 15 is 0 Å². The molecule has 1 unspecified atom stereocenters. The molecule has 0 saturated carbocycles. The molecule has 0 spiro atoms. The van der Waals surface area contributed by atoms with Crippen molar-refractivity contribution in [2.24, 2.45) is 0 Å². The maximum absolute atomic E-state index is 13.0. The molecular formula is C22H29F3N6. The first kappa shape index (κ1) is 21.8. The van der Waals surface area contributed by atoms with Crippen LogP contribution in [0.3, 0.4) is 0 Å². The number of piperidine rings is 1. The fourth-order valence-electron chi connectivity index (χ4n) is 4.56. The van der Waals surface area contributed by atoms with E-state index in [0.717, 1.165) is 57.1 Å². The molecule has 31 heavy (non-hydrogen) atoms. The largest absolute Gasteiger partial charge is 0.416 e. The lowest BCUT2D eigenvalue weighted by atomic mass is 10.0. The predicted molar refractivity (Wildman–Crippen MR) is 115 cm³/mol. The molecule has 2 N–H and O–H groups in total. The van der Waals surface area contributed by atoms with Crippen molar-refractivity contribution in [2.75, 3.05) is 56.4 Å². The van der Waals surface area contributed by atoms with Crippen LogP contribution in [0.25, 0.3) is 0 Å². The van der Waals surface area contributed by atoms with Gasteiger partial charge in [0.05, 0.1) is 17.4 Å². The van der Waals surface area contributed by atoms with Crippen LogP contribution in [0.15, 0.2) is 36.8 Å². The van der Waals surface area contributed by atoms with Crippen molar-refractivity contribution in [3.63, 3.8) is 0 Å². The molecule has 2 aromatic rings. The van der Waals surface area contributed by atoms with Gasteiger partial charge in [-0.3, -0.25) is 4.90 Å². The van der Waals surface area contributed by atoms with Gasteiger partial charge in [-0.05, 0) is 43.6 Å². The molecule has 0 aliphatic carbocycles. The highest BCUT2D eigenvalue weighted by Gasteiger charge is 2.32. The molecule has 0 amide bonds. The number of nitrogen functional groups attached to an aromatic ring is 1. The molecule has 1 aromatic carbocycles. The Kier molecular flexibility index (Phi) is 6.62. The number of piperazine rings is 1. The predicted octanol–water partition coefficient (Wildman–Crippen LogP) is 3.43. The van der Waals surface area contributed by atoms with Crippen LogP contribution in [-0.4, -0.2) is 65.6 Å². The second kappa shape index (κ2) is 9.40. The van der Waals surface area contributed by atoms with Crippen molar-refractivity contribution >= 4 is 11.5 Å². The van der Waals surface area contributed by atoms with E-state index in [1.54, 1.807) is 18.3 Å². The van der Waals surface area contributed by atoms with Gasteiger partial charge in [0, 0.05) is 38.8 Å². The normalized spacial score (nSPS) is 20.0. The number of aromatic nitrogens is 2. The summed E-state index contributed by atoms with van der Waals surface area (Å²) in [6.07, 6.45) is 2.47. The van der Waals surface area contributed by atoms with Gasteiger partial charge < -0.3 is 15.5 Å². The van der Waals surface area contributed by atoms with Crippen molar-refractivity contribution in [1.29, 1.82) is 0 Å². The summed E-state index contributed by atoms with van der Waals surface area (Å²) >= 11 is 0. The van der Waals surface area contributed by atoms with E-state index in [-0.39, 0.29) is 6.04 Å². The van der Waals surface area contributed by atoms with Crippen molar-refractivity contribution in [3.05, 3.63) is 47.9 Å². The van der Waals surface area contributed by atoms with Gasteiger partial charge in [-0.2, -0.15) is 13.2 Å². The first-order valence-corrected chi connectivity index (χ1v) is 10.9. The molecule has 168 valence electrons. The van der Waals surface area contributed by atoms with Gasteiger partial charge in [0.2, 0.25) is 0 Å². The molecule has 0 radical (unpaired) electrons. The number of nitrogens with zero attached hydrogens (tertiary/aromatic N) is 5. The Balaban J connectivity index is 1.50. The number of hydrogen-bond acceptors (Lipinski definition) is 6. The first-order chi connectivity index (χ1) is 14.9. The third-order valence-corrected chi connectivity index (χ3v) is 6.32. The second-order valence-corrected chi connectivity index (χ2v) is 8.31. The molecular weight excluding hydrogens is 405 g/mol. The lowest BCUT2D eigenvalue weighted by Gasteiger charge is -2.42. The number of anilines is 2. The Morgan fingerprint density at radius 1 is 0.935 bits per heavy atom. The lowest BCUT2D eigenvalue weighted by molar-refractivity contribution is -0.137. The Hall–Kier alpha value is -2.39. The van der Waals surface area contributed by atoms with Gasteiger partial charge in [0.15, 0.2) is 0 Å². The van der Waals surface area contributed by atoms with E-state index in [4.69, 9.17) is 5.73 Å². The molecule has 3 heterocycles. The summed E-state index contributed by atoms with van der Waals surface area (Å²) in [7, 11) is 0. The third kappa shape index (κ3) is 5.27. The molecule has 9 heteroatoms. The van der Waals surface area contributed by atoms with Gasteiger partial charge in [-0.25, -0.2) is 9.97 Å². The zero-order chi connectivity index (χ0) is 21.8. The zero-order valence-electron chi connectivity index (χ0n) is 17.6. The fraction of sp³-hybridized carbons (Fsp3) is 0.545. The summed E-state index contributed by atoms with van der Waals surface area (Å²) in [4.78, 5) is 15.2. The highest BCUT2D eigenvalue weighted by atomic mass is 19.4. The SMILES string of the molecule is Nc1ncncc1N1CCN(C(CN2CCCCC2)c2ccc(C(F)(F)F)cc2)CC1. The molecule has 1 atom stereocenters. The summed E-state index contributed by atoms with van der Waals surface area (Å²) in [6.45, 7) is 6.08. The van der Waals surface area contributed by atoms with Crippen molar-refractivity contribution in [2.45, 2.75) is 31.5 Å². The van der Waals surface area contributed by atoms with Crippen LogP contribution in [0, 0.1) is 0 Å². The summed E-state index contributed by atoms with van der Waals surface area (Å²) in [6, 6.07) is 5.76. The lowest BCUT2D eigenvalue weighted by Crippen LogP contribution is -2.50. The Morgan fingerprint density at radius 3 is 2.23 bits per heavy atom. The minimum Gasteiger partial charge on any atom is -0.382 e. The van der Waals surface area contributed by atoms with Crippen LogP contribution in [0.5, 0.6) is 0 Å². The Labute approximate surface area is 180 Å². The van der Waals surface area contributed by atoms with Gasteiger partial charge in [-0.15, -0.1) is 0 Å². The van der Waals surface area contributed by atoms with Crippen molar-refractivity contribution in [3.8, 4) is 0 Å². The first-order valence-electron chi connectivity index (χ1n) is 10.9. The molecule has 2 saturated heterocycles. The van der Waals surface area contributed by atoms with E-state index in [2.05, 4.69) is 24.7 Å². The van der Waals surface area contributed by atoms with E-state index in [1.165, 1.54) is 37.7 Å². The number of halogens is 3. The van der Waals surface area contributed by atoms with Crippen LogP contribution < -0.4 is 10.6 Å². The molecule has 0 bridgehead atoms. The van der Waals surface area contributed by atoms with E-state index in [9.17, 15) is 13.2 Å². The highest BCUT2D eigenvalue weighted by Crippen LogP contribution is 2.32.